The number of fused-ring (bicyclic) bond motifs is 3. The molecule has 38 heavy (non-hydrogen) atoms. The summed E-state index contributed by atoms with van der Waals surface area (Å²) >= 11 is 0. The van der Waals surface area contributed by atoms with Gasteiger partial charge in [0.1, 0.15) is 23.6 Å². The van der Waals surface area contributed by atoms with Gasteiger partial charge in [-0.1, -0.05) is 32.0 Å². The number of nitrogens with zero attached hydrogens (tertiary/aromatic N) is 2. The van der Waals surface area contributed by atoms with Gasteiger partial charge in [-0.25, -0.2) is 13.2 Å². The molecule has 0 aliphatic carbocycles. The van der Waals surface area contributed by atoms with E-state index in [4.69, 9.17) is 0 Å². The predicted molar refractivity (Wildman–Crippen MR) is 131 cm³/mol. The number of H-pyrrole nitrogens is 1. The molecule has 3 aromatic rings. The summed E-state index contributed by atoms with van der Waals surface area (Å²) in [5, 5.41) is 15.0. The quantitative estimate of drug-likeness (QED) is 0.442. The Kier molecular flexibility index (Phi) is 6.13. The number of hydrogen-bond acceptors (Lipinski definition) is 4. The first-order chi connectivity index (χ1) is 18.1. The first kappa shape index (κ1) is 25.3. The molecule has 1 fully saturated rings. The molecule has 0 unspecified atom stereocenters. The number of nitrogens with one attached hydrogen (secondary N) is 3. The molecular weight excluding hydrogens is 499 g/mol. The molecule has 0 saturated carbocycles. The lowest BCUT2D eigenvalue weighted by Crippen LogP contribution is -2.51. The second-order valence-electron chi connectivity index (χ2n) is 10.2. The first-order valence-electron chi connectivity index (χ1n) is 12.1. The van der Waals surface area contributed by atoms with Crippen LogP contribution in [-0.4, -0.2) is 46.2 Å². The fourth-order valence-electron chi connectivity index (χ4n) is 5.43. The molecule has 0 radical (unpaired) electrons. The van der Waals surface area contributed by atoms with Crippen molar-refractivity contribution in [3.63, 3.8) is 0 Å². The topological polar surface area (TPSA) is 118 Å². The van der Waals surface area contributed by atoms with Crippen molar-refractivity contribution >= 4 is 34.3 Å². The molecule has 1 spiro atoms. The number of carbonyl (C=O) groups excluding carboxylic acids is 3. The second-order valence-corrected chi connectivity index (χ2v) is 10.2. The minimum Gasteiger partial charge on any atom is -0.348 e. The van der Waals surface area contributed by atoms with Gasteiger partial charge in [-0.15, -0.1) is 0 Å². The smallest absolute Gasteiger partial charge is 0.268 e. The Morgan fingerprint density at radius 2 is 1.95 bits per heavy atom. The van der Waals surface area contributed by atoms with Crippen LogP contribution in [0, 0.1) is 34.7 Å². The molecule has 3 heterocycles. The molecule has 3 N–H and O–H groups in total. The van der Waals surface area contributed by atoms with Crippen LogP contribution in [-0.2, 0) is 15.0 Å². The molecule has 5 rings (SSSR count). The molecule has 11 heteroatoms. The highest BCUT2D eigenvalue weighted by molar-refractivity contribution is 6.07. The zero-order valence-corrected chi connectivity index (χ0v) is 20.6. The number of amides is 3. The van der Waals surface area contributed by atoms with Crippen LogP contribution in [0.2, 0.25) is 0 Å². The lowest BCUT2D eigenvalue weighted by molar-refractivity contribution is -0.134. The third kappa shape index (κ3) is 3.97. The van der Waals surface area contributed by atoms with E-state index in [9.17, 15) is 32.8 Å². The van der Waals surface area contributed by atoms with Crippen LogP contribution in [0.4, 0.5) is 18.9 Å². The molecule has 2 aromatic carbocycles. The van der Waals surface area contributed by atoms with Crippen molar-refractivity contribution in [1.29, 1.82) is 5.26 Å². The van der Waals surface area contributed by atoms with Crippen molar-refractivity contribution in [2.75, 3.05) is 11.9 Å². The second kappa shape index (κ2) is 9.20. The Hall–Kier alpha value is -4.33. The highest BCUT2D eigenvalue weighted by atomic mass is 19.2. The summed E-state index contributed by atoms with van der Waals surface area (Å²) in [6.07, 6.45) is 0.305. The van der Waals surface area contributed by atoms with E-state index in [0.717, 1.165) is 6.07 Å². The highest BCUT2D eigenvalue weighted by Gasteiger charge is 2.56. The third-order valence-corrected chi connectivity index (χ3v) is 7.23. The number of halogens is 3. The molecule has 8 nitrogen and oxygen atoms in total. The van der Waals surface area contributed by atoms with Crippen LogP contribution in [0.25, 0.3) is 10.9 Å². The van der Waals surface area contributed by atoms with Gasteiger partial charge in [-0.2, -0.15) is 5.26 Å². The average Bonchev–Trinajstić information content (AvgIpc) is 3.57. The molecular formula is C27H24F3N5O3. The predicted octanol–water partition coefficient (Wildman–Crippen LogP) is 3.74. The minimum absolute atomic E-state index is 0.0422. The van der Waals surface area contributed by atoms with E-state index in [1.807, 2.05) is 13.8 Å². The number of nitriles is 1. The Bertz CT molecular complexity index is 1530. The van der Waals surface area contributed by atoms with Gasteiger partial charge in [0.15, 0.2) is 11.6 Å². The Balaban J connectivity index is 1.44. The first-order valence-corrected chi connectivity index (χ1v) is 12.1. The van der Waals surface area contributed by atoms with Crippen molar-refractivity contribution in [2.24, 2.45) is 5.92 Å². The fourth-order valence-corrected chi connectivity index (χ4v) is 5.43. The van der Waals surface area contributed by atoms with Crippen molar-refractivity contribution in [3.8, 4) is 6.07 Å². The van der Waals surface area contributed by atoms with Crippen LogP contribution in [0.5, 0.6) is 0 Å². The Labute approximate surface area is 215 Å². The van der Waals surface area contributed by atoms with Crippen molar-refractivity contribution < 1.29 is 27.6 Å². The van der Waals surface area contributed by atoms with Gasteiger partial charge in [0.25, 0.3) is 5.91 Å². The Morgan fingerprint density at radius 1 is 1.21 bits per heavy atom. The third-order valence-electron chi connectivity index (χ3n) is 7.23. The highest BCUT2D eigenvalue weighted by Crippen LogP contribution is 2.46. The summed E-state index contributed by atoms with van der Waals surface area (Å²) in [4.78, 5) is 43.6. The molecule has 3 amide bonds. The monoisotopic (exact) mass is 523 g/mol. The summed E-state index contributed by atoms with van der Waals surface area (Å²) in [5.41, 5.74) is -0.514. The normalized spacial score (nSPS) is 21.0. The molecule has 196 valence electrons. The number of anilines is 1. The summed E-state index contributed by atoms with van der Waals surface area (Å²) < 4.78 is 41.9. The number of para-hydroxylation sites is 1. The number of likely N-dealkylation sites (tertiary alicyclic amines) is 1. The molecule has 2 aliphatic heterocycles. The van der Waals surface area contributed by atoms with E-state index in [1.54, 1.807) is 24.3 Å². The zero-order chi connectivity index (χ0) is 27.4. The summed E-state index contributed by atoms with van der Waals surface area (Å²) in [5.74, 6) is -5.50. The lowest BCUT2D eigenvalue weighted by atomic mass is 9.80. The van der Waals surface area contributed by atoms with E-state index in [1.165, 1.54) is 4.90 Å². The van der Waals surface area contributed by atoms with Crippen LogP contribution in [0.3, 0.4) is 0 Å². The van der Waals surface area contributed by atoms with Gasteiger partial charge < -0.3 is 20.5 Å². The summed E-state index contributed by atoms with van der Waals surface area (Å²) in [7, 11) is 0. The van der Waals surface area contributed by atoms with Crippen LogP contribution < -0.4 is 10.6 Å². The molecule has 0 bridgehead atoms. The van der Waals surface area contributed by atoms with E-state index < -0.39 is 52.3 Å². The van der Waals surface area contributed by atoms with Crippen molar-refractivity contribution in [3.05, 3.63) is 65.1 Å². The SMILES string of the molecule is CC(C)C[C@H](NC(=O)c1cc2c(F)cc(F)c(F)c2[nH]1)C(=O)N1C[C@]2(C[C@H]1C#N)C(=O)Nc1ccccc12. The summed E-state index contributed by atoms with van der Waals surface area (Å²) in [6, 6.07) is 8.66. The molecule has 1 saturated heterocycles. The maximum atomic E-state index is 14.2. The van der Waals surface area contributed by atoms with E-state index >= 15 is 0 Å². The average molecular weight is 524 g/mol. The molecule has 3 atom stereocenters. The number of aromatic amines is 1. The van der Waals surface area contributed by atoms with E-state index in [0.29, 0.717) is 17.3 Å². The molecule has 1 aromatic heterocycles. The van der Waals surface area contributed by atoms with Gasteiger partial charge in [-0.3, -0.25) is 14.4 Å². The van der Waals surface area contributed by atoms with Crippen LogP contribution in [0.15, 0.2) is 36.4 Å². The fraction of sp³-hybridized carbons (Fsp3) is 0.333. The van der Waals surface area contributed by atoms with Gasteiger partial charge in [0.05, 0.1) is 17.0 Å². The number of carbonyl (C=O) groups is 3. The van der Waals surface area contributed by atoms with Crippen molar-refractivity contribution in [2.45, 2.75) is 44.2 Å². The van der Waals surface area contributed by atoms with Gasteiger partial charge >= 0.3 is 0 Å². The standard InChI is InChI=1S/C27H24F3N5O3/c1-13(2)7-21(33-24(36)20-8-15-17(28)9-18(29)22(30)23(15)32-20)25(37)35-12-27(10-14(35)11-31)16-5-3-4-6-19(16)34-26(27)38/h3-6,8-9,13-14,21,32H,7,10,12H2,1-2H3,(H,33,36)(H,34,38)/t14-,21-,27-/m0/s1. The number of aromatic nitrogens is 1. The summed E-state index contributed by atoms with van der Waals surface area (Å²) in [6.45, 7) is 3.65. The number of hydrogen-bond donors (Lipinski definition) is 3. The Morgan fingerprint density at radius 3 is 2.66 bits per heavy atom. The van der Waals surface area contributed by atoms with Crippen molar-refractivity contribution in [1.82, 2.24) is 15.2 Å². The largest absolute Gasteiger partial charge is 0.348 e. The minimum atomic E-state index is -1.40. The lowest BCUT2D eigenvalue weighted by Gasteiger charge is -2.28. The van der Waals surface area contributed by atoms with Gasteiger partial charge in [0.2, 0.25) is 11.8 Å². The number of benzene rings is 2. The number of rotatable bonds is 5. The van der Waals surface area contributed by atoms with Gasteiger partial charge in [0, 0.05) is 30.1 Å². The maximum Gasteiger partial charge on any atom is 0.268 e. The van der Waals surface area contributed by atoms with Crippen LogP contribution in [0.1, 0.15) is 42.7 Å². The maximum absolute atomic E-state index is 14.2. The zero-order valence-electron chi connectivity index (χ0n) is 20.6. The van der Waals surface area contributed by atoms with Crippen LogP contribution >= 0.6 is 0 Å². The van der Waals surface area contributed by atoms with E-state index in [-0.39, 0.29) is 42.3 Å². The van der Waals surface area contributed by atoms with E-state index in [2.05, 4.69) is 21.7 Å². The molecule has 2 aliphatic rings. The van der Waals surface area contributed by atoms with Gasteiger partial charge in [-0.05, 0) is 30.0 Å².